The summed E-state index contributed by atoms with van der Waals surface area (Å²) >= 11 is 0. The number of ketones is 2. The van der Waals surface area contributed by atoms with Gasteiger partial charge in [0.25, 0.3) is 0 Å². The Morgan fingerprint density at radius 3 is 2.23 bits per heavy atom. The van der Waals surface area contributed by atoms with Gasteiger partial charge in [-0.25, -0.2) is 0 Å². The number of carbonyl (C=O) groups excluding carboxylic acids is 3. The van der Waals surface area contributed by atoms with Crippen molar-refractivity contribution in [2.75, 3.05) is 20.3 Å². The van der Waals surface area contributed by atoms with Gasteiger partial charge in [-0.3, -0.25) is 14.4 Å². The van der Waals surface area contributed by atoms with E-state index in [0.717, 1.165) is 16.9 Å². The third-order valence-electron chi connectivity index (χ3n) is 6.47. The normalized spacial score (nSPS) is 19.3. The molecule has 4 unspecified atom stereocenters. The van der Waals surface area contributed by atoms with Gasteiger partial charge in [-0.2, -0.15) is 0 Å². The third-order valence-corrected chi connectivity index (χ3v) is 6.47. The van der Waals surface area contributed by atoms with Gasteiger partial charge < -0.3 is 20.1 Å². The molecule has 1 saturated heterocycles. The van der Waals surface area contributed by atoms with Crippen LogP contribution in [0.2, 0.25) is 0 Å². The number of nitrogens with one attached hydrogen (secondary N) is 2. The molecule has 0 bridgehead atoms. The summed E-state index contributed by atoms with van der Waals surface area (Å²) in [6, 6.07) is 15.9. The van der Waals surface area contributed by atoms with E-state index >= 15 is 0 Å². The van der Waals surface area contributed by atoms with Gasteiger partial charge in [0.2, 0.25) is 5.91 Å². The lowest BCUT2D eigenvalue weighted by Crippen LogP contribution is -2.50. The zero-order chi connectivity index (χ0) is 25.4. The molecule has 2 aromatic carbocycles. The highest BCUT2D eigenvalue weighted by molar-refractivity contribution is 5.97. The Morgan fingerprint density at radius 1 is 1.03 bits per heavy atom. The van der Waals surface area contributed by atoms with Gasteiger partial charge in [0, 0.05) is 12.3 Å². The zero-order valence-corrected chi connectivity index (χ0v) is 21.0. The van der Waals surface area contributed by atoms with Gasteiger partial charge in [0.05, 0.1) is 25.8 Å². The number of epoxide rings is 1. The third kappa shape index (κ3) is 7.47. The first-order chi connectivity index (χ1) is 16.8. The van der Waals surface area contributed by atoms with E-state index in [0.29, 0.717) is 26.0 Å². The standard InChI is InChI=1S/C28H36N2O5/c1-5-29-19(2)25(31)17-22(15-21-11-13-23(34-4)14-12-21)27(33)30-24(26(32)28(3)18-35-28)16-20-9-7-6-8-10-20/h6-14,19,22,24,29H,5,15-18H2,1-4H3,(H,30,33). The number of rotatable bonds is 14. The van der Waals surface area contributed by atoms with Crippen molar-refractivity contribution >= 4 is 17.5 Å². The molecular weight excluding hydrogens is 444 g/mol. The van der Waals surface area contributed by atoms with Gasteiger partial charge >= 0.3 is 0 Å². The highest BCUT2D eigenvalue weighted by atomic mass is 16.6. The number of likely N-dealkylation sites (N-methyl/N-ethyl adjacent to an activating group) is 1. The zero-order valence-electron chi connectivity index (χ0n) is 21.0. The molecule has 2 N–H and O–H groups in total. The van der Waals surface area contributed by atoms with Crippen LogP contribution in [0.5, 0.6) is 5.75 Å². The summed E-state index contributed by atoms with van der Waals surface area (Å²) in [6.45, 7) is 6.50. The van der Waals surface area contributed by atoms with Crippen molar-refractivity contribution in [1.82, 2.24) is 10.6 Å². The maximum atomic E-state index is 13.5. The van der Waals surface area contributed by atoms with Gasteiger partial charge in [-0.1, -0.05) is 49.4 Å². The van der Waals surface area contributed by atoms with E-state index in [1.807, 2.05) is 61.5 Å². The number of ether oxygens (including phenoxy) is 2. The van der Waals surface area contributed by atoms with Crippen LogP contribution in [0.1, 0.15) is 38.3 Å². The SMILES string of the molecule is CCNC(C)C(=O)CC(Cc1ccc(OC)cc1)C(=O)NC(Cc1ccccc1)C(=O)C1(C)CO1. The molecule has 0 aliphatic carbocycles. The topological polar surface area (TPSA) is 97.0 Å². The quantitative estimate of drug-likeness (QED) is 0.404. The molecule has 7 heteroatoms. The molecule has 0 spiro atoms. The average molecular weight is 481 g/mol. The van der Waals surface area contributed by atoms with E-state index in [2.05, 4.69) is 10.6 Å². The predicted molar refractivity (Wildman–Crippen MR) is 134 cm³/mol. The van der Waals surface area contributed by atoms with Crippen LogP contribution in [0, 0.1) is 5.92 Å². The summed E-state index contributed by atoms with van der Waals surface area (Å²) in [6.07, 6.45) is 0.813. The van der Waals surface area contributed by atoms with E-state index in [1.165, 1.54) is 0 Å². The van der Waals surface area contributed by atoms with Crippen LogP contribution in [0.25, 0.3) is 0 Å². The summed E-state index contributed by atoms with van der Waals surface area (Å²) < 4.78 is 10.6. The molecule has 188 valence electrons. The Hall–Kier alpha value is -3.03. The van der Waals surface area contributed by atoms with Gasteiger partial charge in [0.1, 0.15) is 17.1 Å². The van der Waals surface area contributed by atoms with Crippen LogP contribution >= 0.6 is 0 Å². The minimum Gasteiger partial charge on any atom is -0.497 e. The van der Waals surface area contributed by atoms with E-state index < -0.39 is 17.6 Å². The van der Waals surface area contributed by atoms with E-state index in [9.17, 15) is 14.4 Å². The number of carbonyl (C=O) groups is 3. The van der Waals surface area contributed by atoms with E-state index in [-0.39, 0.29) is 29.9 Å². The number of methoxy groups -OCH3 is 1. The largest absolute Gasteiger partial charge is 0.497 e. The maximum absolute atomic E-state index is 13.5. The molecule has 1 aliphatic rings. The molecule has 1 heterocycles. The van der Waals surface area contributed by atoms with Crippen molar-refractivity contribution in [3.8, 4) is 5.75 Å². The summed E-state index contributed by atoms with van der Waals surface area (Å²) in [7, 11) is 1.60. The molecular formula is C28H36N2O5. The number of hydrogen-bond acceptors (Lipinski definition) is 6. The first-order valence-corrected chi connectivity index (χ1v) is 12.2. The molecule has 7 nitrogen and oxygen atoms in total. The van der Waals surface area contributed by atoms with Crippen LogP contribution in [-0.2, 0) is 32.0 Å². The Kier molecular flexibility index (Phi) is 9.18. The van der Waals surface area contributed by atoms with Crippen LogP contribution < -0.4 is 15.4 Å². The molecule has 4 atom stereocenters. The summed E-state index contributed by atoms with van der Waals surface area (Å²) in [4.78, 5) is 39.6. The van der Waals surface area contributed by atoms with Gasteiger partial charge in [-0.15, -0.1) is 0 Å². The minimum atomic E-state index is -0.867. The Morgan fingerprint density at radius 2 is 1.66 bits per heavy atom. The second kappa shape index (κ2) is 12.1. The summed E-state index contributed by atoms with van der Waals surface area (Å²) in [5.41, 5.74) is 0.991. The molecule has 0 saturated carbocycles. The molecule has 2 aromatic rings. The van der Waals surface area contributed by atoms with Crippen molar-refractivity contribution in [2.45, 2.75) is 57.7 Å². The summed E-state index contributed by atoms with van der Waals surface area (Å²) in [5.74, 6) is -0.389. The van der Waals surface area contributed by atoms with Crippen LogP contribution in [0.15, 0.2) is 54.6 Å². The predicted octanol–water partition coefficient (Wildman–Crippen LogP) is 2.90. The number of hydrogen-bond donors (Lipinski definition) is 2. The van der Waals surface area contributed by atoms with Gasteiger partial charge in [0.15, 0.2) is 5.78 Å². The lowest BCUT2D eigenvalue weighted by Gasteiger charge is -2.24. The molecule has 0 aromatic heterocycles. The fourth-order valence-corrected chi connectivity index (χ4v) is 4.11. The molecule has 1 aliphatic heterocycles. The molecule has 1 amide bonds. The Bertz CT molecular complexity index is 1000. The minimum absolute atomic E-state index is 0.0380. The lowest BCUT2D eigenvalue weighted by molar-refractivity contribution is -0.134. The first kappa shape index (κ1) is 26.6. The van der Waals surface area contributed by atoms with E-state index in [1.54, 1.807) is 21.0 Å². The van der Waals surface area contributed by atoms with Crippen LogP contribution in [0.3, 0.4) is 0 Å². The van der Waals surface area contributed by atoms with Crippen molar-refractivity contribution in [3.63, 3.8) is 0 Å². The number of amides is 1. The average Bonchev–Trinajstić information content (AvgIpc) is 3.62. The molecule has 35 heavy (non-hydrogen) atoms. The fourth-order valence-electron chi connectivity index (χ4n) is 4.11. The monoisotopic (exact) mass is 480 g/mol. The first-order valence-electron chi connectivity index (χ1n) is 12.2. The van der Waals surface area contributed by atoms with Crippen LogP contribution in [-0.4, -0.2) is 55.4 Å². The van der Waals surface area contributed by atoms with Crippen LogP contribution in [0.4, 0.5) is 0 Å². The van der Waals surface area contributed by atoms with Crippen molar-refractivity contribution in [2.24, 2.45) is 5.92 Å². The second-order valence-corrected chi connectivity index (χ2v) is 9.33. The second-order valence-electron chi connectivity index (χ2n) is 9.33. The molecule has 3 rings (SSSR count). The highest BCUT2D eigenvalue weighted by Crippen LogP contribution is 2.29. The number of Topliss-reactive ketones (excluding diaryl/α,β-unsaturated/α-hetero) is 2. The Labute approximate surface area is 207 Å². The van der Waals surface area contributed by atoms with E-state index in [4.69, 9.17) is 9.47 Å². The smallest absolute Gasteiger partial charge is 0.224 e. The fraction of sp³-hybridized carbons (Fsp3) is 0.464. The molecule has 1 fully saturated rings. The maximum Gasteiger partial charge on any atom is 0.224 e. The van der Waals surface area contributed by atoms with Gasteiger partial charge in [-0.05, 0) is 56.5 Å². The highest BCUT2D eigenvalue weighted by Gasteiger charge is 2.50. The van der Waals surface area contributed by atoms with Crippen molar-refractivity contribution in [3.05, 3.63) is 65.7 Å². The number of benzene rings is 2. The van der Waals surface area contributed by atoms with Crippen molar-refractivity contribution in [1.29, 1.82) is 0 Å². The Balaban J connectivity index is 1.80. The van der Waals surface area contributed by atoms with Crippen molar-refractivity contribution < 1.29 is 23.9 Å². The summed E-state index contributed by atoms with van der Waals surface area (Å²) in [5, 5.41) is 6.09. The molecule has 0 radical (unpaired) electrons. The lowest BCUT2D eigenvalue weighted by atomic mass is 9.89.